The summed E-state index contributed by atoms with van der Waals surface area (Å²) in [6.45, 7) is 1.55. The number of nitrogens with two attached hydrogens (primary N) is 1. The van der Waals surface area contributed by atoms with Crippen molar-refractivity contribution < 1.29 is 0 Å². The average molecular weight is 233 g/mol. The van der Waals surface area contributed by atoms with Crippen molar-refractivity contribution in [2.75, 3.05) is 5.75 Å². The maximum Gasteiger partial charge on any atom is 0.0503 e. The van der Waals surface area contributed by atoms with E-state index in [2.05, 4.69) is 29.4 Å². The first-order valence-electron chi connectivity index (χ1n) is 5.28. The molecule has 2 rings (SSSR count). The molecule has 0 atom stereocenters. The van der Waals surface area contributed by atoms with Crippen LogP contribution in [0.5, 0.6) is 0 Å². The van der Waals surface area contributed by atoms with Crippen molar-refractivity contribution in [2.24, 2.45) is 5.73 Å². The molecule has 3 nitrogen and oxygen atoms in total. The third kappa shape index (κ3) is 3.12. The molecule has 0 saturated heterocycles. The van der Waals surface area contributed by atoms with Crippen molar-refractivity contribution in [1.82, 2.24) is 9.78 Å². The quantitative estimate of drug-likeness (QED) is 0.805. The Balaban J connectivity index is 1.81. The van der Waals surface area contributed by atoms with Gasteiger partial charge in [0.25, 0.3) is 0 Å². The van der Waals surface area contributed by atoms with Gasteiger partial charge in [0.1, 0.15) is 0 Å². The highest BCUT2D eigenvalue weighted by Gasteiger charge is 1.95. The van der Waals surface area contributed by atoms with Crippen LogP contribution in [0.2, 0.25) is 0 Å². The minimum atomic E-state index is 0.609. The molecular formula is C12H15N3S. The zero-order valence-corrected chi connectivity index (χ0v) is 9.86. The predicted molar refractivity (Wildman–Crippen MR) is 67.3 cm³/mol. The van der Waals surface area contributed by atoms with E-state index in [-0.39, 0.29) is 0 Å². The number of nitrogens with zero attached hydrogens (tertiary/aromatic N) is 2. The normalized spacial score (nSPS) is 10.6. The maximum absolute atomic E-state index is 5.55. The zero-order valence-electron chi connectivity index (χ0n) is 9.04. The highest BCUT2D eigenvalue weighted by Crippen LogP contribution is 2.18. The smallest absolute Gasteiger partial charge is 0.0503 e. The van der Waals surface area contributed by atoms with Gasteiger partial charge in [0.15, 0.2) is 0 Å². The Bertz CT molecular complexity index is 408. The Labute approximate surface area is 99.7 Å². The summed E-state index contributed by atoms with van der Waals surface area (Å²) >= 11 is 1.84. The van der Waals surface area contributed by atoms with Gasteiger partial charge in [-0.25, -0.2) is 0 Å². The lowest BCUT2D eigenvalue weighted by Crippen LogP contribution is -2.00. The van der Waals surface area contributed by atoms with Crippen molar-refractivity contribution in [3.05, 3.63) is 48.3 Å². The average Bonchev–Trinajstić information content (AvgIpc) is 2.83. The first-order chi connectivity index (χ1) is 7.88. The Morgan fingerprint density at radius 2 is 2.06 bits per heavy atom. The molecule has 0 amide bonds. The lowest BCUT2D eigenvalue weighted by atomic mass is 10.2. The molecule has 2 N–H and O–H groups in total. The molecule has 1 aromatic carbocycles. The van der Waals surface area contributed by atoms with Crippen LogP contribution in [0.15, 0.2) is 47.6 Å². The van der Waals surface area contributed by atoms with E-state index in [9.17, 15) is 0 Å². The molecule has 0 fully saturated rings. The molecule has 84 valence electrons. The van der Waals surface area contributed by atoms with Gasteiger partial charge in [0.05, 0.1) is 6.54 Å². The van der Waals surface area contributed by atoms with Crippen molar-refractivity contribution in [1.29, 1.82) is 0 Å². The molecule has 1 aromatic heterocycles. The Morgan fingerprint density at radius 3 is 2.69 bits per heavy atom. The highest BCUT2D eigenvalue weighted by molar-refractivity contribution is 7.99. The van der Waals surface area contributed by atoms with Gasteiger partial charge in [0, 0.05) is 29.6 Å². The lowest BCUT2D eigenvalue weighted by Gasteiger charge is -2.03. The molecule has 0 saturated carbocycles. The summed E-state index contributed by atoms with van der Waals surface area (Å²) in [7, 11) is 0. The van der Waals surface area contributed by atoms with Gasteiger partial charge in [-0.15, -0.1) is 11.8 Å². The summed E-state index contributed by atoms with van der Waals surface area (Å²) in [6, 6.07) is 10.3. The van der Waals surface area contributed by atoms with Crippen molar-refractivity contribution in [3.63, 3.8) is 0 Å². The molecule has 1 heterocycles. The molecule has 0 aliphatic rings. The van der Waals surface area contributed by atoms with E-state index in [1.807, 2.05) is 28.7 Å². The number of aromatic nitrogens is 2. The fourth-order valence-corrected chi connectivity index (χ4v) is 2.25. The topological polar surface area (TPSA) is 43.8 Å². The Hall–Kier alpha value is -1.26. The van der Waals surface area contributed by atoms with Crippen LogP contribution in [-0.2, 0) is 13.1 Å². The number of hydrogen-bond acceptors (Lipinski definition) is 3. The molecule has 16 heavy (non-hydrogen) atoms. The van der Waals surface area contributed by atoms with Crippen LogP contribution >= 0.6 is 11.8 Å². The van der Waals surface area contributed by atoms with E-state index in [4.69, 9.17) is 5.73 Å². The largest absolute Gasteiger partial charge is 0.326 e. The van der Waals surface area contributed by atoms with Crippen molar-refractivity contribution >= 4 is 11.8 Å². The van der Waals surface area contributed by atoms with Gasteiger partial charge in [-0.05, 0) is 23.8 Å². The van der Waals surface area contributed by atoms with E-state index in [0.717, 1.165) is 12.3 Å². The molecule has 0 bridgehead atoms. The van der Waals surface area contributed by atoms with Crippen molar-refractivity contribution in [3.8, 4) is 0 Å². The maximum atomic E-state index is 5.55. The summed E-state index contributed by atoms with van der Waals surface area (Å²) in [4.78, 5) is 1.28. The summed E-state index contributed by atoms with van der Waals surface area (Å²) < 4.78 is 1.95. The molecule has 0 spiro atoms. The van der Waals surface area contributed by atoms with Crippen LogP contribution in [0.4, 0.5) is 0 Å². The van der Waals surface area contributed by atoms with Crippen LogP contribution in [0.3, 0.4) is 0 Å². The second-order valence-electron chi connectivity index (χ2n) is 3.47. The minimum Gasteiger partial charge on any atom is -0.326 e. The Kier molecular flexibility index (Phi) is 4.02. The lowest BCUT2D eigenvalue weighted by molar-refractivity contribution is 0.666. The second-order valence-corrected chi connectivity index (χ2v) is 4.63. The summed E-state index contributed by atoms with van der Waals surface area (Å²) in [6.07, 6.45) is 3.79. The van der Waals surface area contributed by atoms with E-state index < -0.39 is 0 Å². The van der Waals surface area contributed by atoms with Crippen LogP contribution in [-0.4, -0.2) is 15.5 Å². The summed E-state index contributed by atoms with van der Waals surface area (Å²) in [5, 5.41) is 4.16. The van der Waals surface area contributed by atoms with E-state index in [1.165, 1.54) is 10.5 Å². The molecule has 0 aliphatic heterocycles. The number of benzene rings is 1. The first kappa shape index (κ1) is 11.2. The Morgan fingerprint density at radius 1 is 1.25 bits per heavy atom. The van der Waals surface area contributed by atoms with Gasteiger partial charge in [0.2, 0.25) is 0 Å². The standard InChI is InChI=1S/C12H15N3S/c13-10-11-2-4-12(5-3-11)16-9-8-15-7-1-6-14-15/h1-7H,8-10,13H2. The SMILES string of the molecule is NCc1ccc(SCCn2cccn2)cc1. The number of aryl methyl sites for hydroxylation is 1. The van der Waals surface area contributed by atoms with Gasteiger partial charge in [-0.2, -0.15) is 5.10 Å². The molecule has 0 aliphatic carbocycles. The minimum absolute atomic E-state index is 0.609. The first-order valence-corrected chi connectivity index (χ1v) is 6.26. The van der Waals surface area contributed by atoms with E-state index >= 15 is 0 Å². The van der Waals surface area contributed by atoms with Gasteiger partial charge in [-0.3, -0.25) is 4.68 Å². The summed E-state index contributed by atoms with van der Waals surface area (Å²) in [5.41, 5.74) is 6.72. The fraction of sp³-hybridized carbons (Fsp3) is 0.250. The zero-order chi connectivity index (χ0) is 11.2. The van der Waals surface area contributed by atoms with Gasteiger partial charge in [-0.1, -0.05) is 12.1 Å². The van der Waals surface area contributed by atoms with E-state index in [1.54, 1.807) is 6.20 Å². The van der Waals surface area contributed by atoms with Gasteiger partial charge >= 0.3 is 0 Å². The third-order valence-electron chi connectivity index (χ3n) is 2.31. The van der Waals surface area contributed by atoms with Crippen molar-refractivity contribution in [2.45, 2.75) is 18.0 Å². The fourth-order valence-electron chi connectivity index (χ4n) is 1.41. The monoisotopic (exact) mass is 233 g/mol. The second kappa shape index (κ2) is 5.72. The van der Waals surface area contributed by atoms with Crippen LogP contribution in [0.25, 0.3) is 0 Å². The summed E-state index contributed by atoms with van der Waals surface area (Å²) in [5.74, 6) is 1.03. The van der Waals surface area contributed by atoms with Crippen LogP contribution in [0.1, 0.15) is 5.56 Å². The van der Waals surface area contributed by atoms with Gasteiger partial charge < -0.3 is 5.73 Å². The molecule has 2 aromatic rings. The molecular weight excluding hydrogens is 218 g/mol. The number of rotatable bonds is 5. The highest BCUT2D eigenvalue weighted by atomic mass is 32.2. The van der Waals surface area contributed by atoms with Crippen LogP contribution < -0.4 is 5.73 Å². The molecule has 4 heteroatoms. The van der Waals surface area contributed by atoms with Crippen LogP contribution in [0, 0.1) is 0 Å². The number of thioether (sulfide) groups is 1. The third-order valence-corrected chi connectivity index (χ3v) is 3.30. The van der Waals surface area contributed by atoms with E-state index in [0.29, 0.717) is 6.54 Å². The molecule has 0 radical (unpaired) electrons. The number of hydrogen-bond donors (Lipinski definition) is 1. The molecule has 0 unspecified atom stereocenters. The predicted octanol–water partition coefficient (Wildman–Crippen LogP) is 2.13.